The predicted molar refractivity (Wildman–Crippen MR) is 121 cm³/mol. The van der Waals surface area contributed by atoms with Gasteiger partial charge in [0, 0.05) is 0 Å². The molecule has 3 rings (SSSR count). The number of aliphatic hydroxyl groups excluding tert-OH is 1. The normalized spacial score (nSPS) is 13.0. The molecule has 0 bridgehead atoms. The maximum absolute atomic E-state index is 12.0. The highest BCUT2D eigenvalue weighted by molar-refractivity contribution is 5.84. The molecule has 0 saturated carbocycles. The Morgan fingerprint density at radius 2 is 1.62 bits per heavy atom. The zero-order valence-corrected chi connectivity index (χ0v) is 17.6. The molecule has 2 atom stereocenters. The van der Waals surface area contributed by atoms with Crippen LogP contribution in [0.15, 0.2) is 85.1 Å². The number of aryl methyl sites for hydroxylation is 1. The second-order valence-corrected chi connectivity index (χ2v) is 7.38. The summed E-state index contributed by atoms with van der Waals surface area (Å²) in [4.78, 5) is 23.4. The first-order chi connectivity index (χ1) is 15.5. The third-order valence-corrected chi connectivity index (χ3v) is 4.97. The predicted octanol–water partition coefficient (Wildman–Crippen LogP) is 4.25. The summed E-state index contributed by atoms with van der Waals surface area (Å²) in [5.41, 5.74) is 1.95. The number of carboxylic acid groups (broad SMARTS) is 1. The van der Waals surface area contributed by atoms with Crippen LogP contribution < -0.4 is 0 Å². The van der Waals surface area contributed by atoms with E-state index in [1.807, 2.05) is 18.2 Å². The van der Waals surface area contributed by atoms with E-state index in [0.29, 0.717) is 6.42 Å². The Kier molecular flexibility index (Phi) is 8.40. The van der Waals surface area contributed by atoms with Crippen molar-refractivity contribution in [3.63, 3.8) is 0 Å². The standard InChI is InChI=1S/C26H26O6/c27-23(26(30)32-18-20-10-3-1-4-11-20)24(25(28)29)31-16-8-2-5-9-19-14-15-21-12-6-7-13-22(21)17-19/h1,3-4,6-8,10-17,23-24,27H,2,5,9,18H2,(H,28,29)/t23-,24-/m1/s1. The summed E-state index contributed by atoms with van der Waals surface area (Å²) in [6.07, 6.45) is 1.59. The minimum atomic E-state index is -1.93. The van der Waals surface area contributed by atoms with Gasteiger partial charge in [-0.1, -0.05) is 72.8 Å². The lowest BCUT2D eigenvalue weighted by Crippen LogP contribution is -2.41. The molecular weight excluding hydrogens is 408 g/mol. The zero-order valence-electron chi connectivity index (χ0n) is 17.6. The van der Waals surface area contributed by atoms with Crippen LogP contribution in [0, 0.1) is 0 Å². The maximum Gasteiger partial charge on any atom is 0.348 e. The van der Waals surface area contributed by atoms with Gasteiger partial charge in [-0.25, -0.2) is 9.59 Å². The Hall–Kier alpha value is -3.64. The molecule has 3 aromatic rings. The fourth-order valence-corrected chi connectivity index (χ4v) is 3.23. The highest BCUT2D eigenvalue weighted by atomic mass is 16.6. The lowest BCUT2D eigenvalue weighted by Gasteiger charge is -2.17. The quantitative estimate of drug-likeness (QED) is 0.266. The Bertz CT molecular complexity index is 1060. The van der Waals surface area contributed by atoms with E-state index in [9.17, 15) is 19.8 Å². The van der Waals surface area contributed by atoms with Crippen LogP contribution in [-0.2, 0) is 32.1 Å². The van der Waals surface area contributed by atoms with Crippen molar-refractivity contribution in [1.82, 2.24) is 0 Å². The van der Waals surface area contributed by atoms with Crippen molar-refractivity contribution in [3.8, 4) is 0 Å². The van der Waals surface area contributed by atoms with Crippen molar-refractivity contribution >= 4 is 22.7 Å². The molecule has 0 amide bonds. The van der Waals surface area contributed by atoms with Crippen LogP contribution in [0.4, 0.5) is 0 Å². The topological polar surface area (TPSA) is 93.1 Å². The Morgan fingerprint density at radius 3 is 2.38 bits per heavy atom. The monoisotopic (exact) mass is 434 g/mol. The first-order valence-corrected chi connectivity index (χ1v) is 10.4. The van der Waals surface area contributed by atoms with E-state index < -0.39 is 24.1 Å². The number of aliphatic carboxylic acids is 1. The number of unbranched alkanes of at least 4 members (excludes halogenated alkanes) is 1. The minimum absolute atomic E-state index is 0.0618. The molecule has 0 aliphatic heterocycles. The molecule has 0 radical (unpaired) electrons. The number of hydrogen-bond donors (Lipinski definition) is 2. The van der Waals surface area contributed by atoms with Crippen LogP contribution in [0.5, 0.6) is 0 Å². The number of allylic oxidation sites excluding steroid dienone is 1. The second-order valence-electron chi connectivity index (χ2n) is 7.38. The molecule has 0 heterocycles. The molecule has 32 heavy (non-hydrogen) atoms. The number of esters is 1. The van der Waals surface area contributed by atoms with Crippen LogP contribution in [0.3, 0.4) is 0 Å². The van der Waals surface area contributed by atoms with E-state index in [2.05, 4.69) is 30.3 Å². The number of hydrogen-bond acceptors (Lipinski definition) is 5. The van der Waals surface area contributed by atoms with Crippen molar-refractivity contribution in [1.29, 1.82) is 0 Å². The van der Waals surface area contributed by atoms with Gasteiger partial charge in [0.2, 0.25) is 6.10 Å². The van der Waals surface area contributed by atoms with E-state index in [1.165, 1.54) is 22.6 Å². The number of fused-ring (bicyclic) bond motifs is 1. The van der Waals surface area contributed by atoms with Gasteiger partial charge in [0.15, 0.2) is 6.10 Å². The zero-order chi connectivity index (χ0) is 22.8. The SMILES string of the molecule is O=C(OCc1ccccc1)[C@H](O)[C@@H](OC=CCCCc1ccc2ccccc2c1)C(=O)O. The van der Waals surface area contributed by atoms with Crippen molar-refractivity contribution in [2.75, 3.05) is 0 Å². The summed E-state index contributed by atoms with van der Waals surface area (Å²) in [7, 11) is 0. The van der Waals surface area contributed by atoms with Gasteiger partial charge in [0.25, 0.3) is 0 Å². The Labute approximate surface area is 186 Å². The fraction of sp³-hybridized carbons (Fsp3) is 0.231. The maximum atomic E-state index is 12.0. The molecule has 6 nitrogen and oxygen atoms in total. The lowest BCUT2D eigenvalue weighted by molar-refractivity contribution is -0.171. The van der Waals surface area contributed by atoms with Crippen LogP contribution in [0.25, 0.3) is 10.8 Å². The molecule has 166 valence electrons. The fourth-order valence-electron chi connectivity index (χ4n) is 3.23. The molecule has 0 spiro atoms. The van der Waals surface area contributed by atoms with Crippen LogP contribution in [0.1, 0.15) is 24.0 Å². The molecule has 2 N–H and O–H groups in total. The number of aliphatic hydroxyl groups is 1. The van der Waals surface area contributed by atoms with Gasteiger partial charge in [0.05, 0.1) is 6.26 Å². The molecule has 0 fully saturated rings. The van der Waals surface area contributed by atoms with Crippen LogP contribution in [-0.4, -0.2) is 34.4 Å². The van der Waals surface area contributed by atoms with Gasteiger partial charge in [-0.05, 0) is 47.2 Å². The average molecular weight is 434 g/mol. The number of ether oxygens (including phenoxy) is 2. The molecule has 0 aliphatic rings. The van der Waals surface area contributed by atoms with Crippen LogP contribution >= 0.6 is 0 Å². The number of rotatable bonds is 11. The van der Waals surface area contributed by atoms with Crippen molar-refractivity contribution in [2.45, 2.75) is 38.1 Å². The van der Waals surface area contributed by atoms with Crippen molar-refractivity contribution in [3.05, 3.63) is 96.3 Å². The summed E-state index contributed by atoms with van der Waals surface area (Å²) in [6.45, 7) is -0.0618. The van der Waals surface area contributed by atoms with Gasteiger partial charge in [-0.15, -0.1) is 0 Å². The number of carboxylic acids is 1. The second kappa shape index (κ2) is 11.7. The lowest BCUT2D eigenvalue weighted by atomic mass is 10.0. The minimum Gasteiger partial charge on any atom is -0.483 e. The Morgan fingerprint density at radius 1 is 0.906 bits per heavy atom. The van der Waals surface area contributed by atoms with E-state index in [4.69, 9.17) is 9.47 Å². The summed E-state index contributed by atoms with van der Waals surface area (Å²) < 4.78 is 10.1. The van der Waals surface area contributed by atoms with Gasteiger partial charge >= 0.3 is 11.9 Å². The molecule has 0 saturated heterocycles. The highest BCUT2D eigenvalue weighted by Crippen LogP contribution is 2.17. The summed E-state index contributed by atoms with van der Waals surface area (Å²) in [5, 5.41) is 21.7. The van der Waals surface area contributed by atoms with E-state index >= 15 is 0 Å². The number of carbonyl (C=O) groups excluding carboxylic acids is 1. The smallest absolute Gasteiger partial charge is 0.348 e. The van der Waals surface area contributed by atoms with Crippen LogP contribution in [0.2, 0.25) is 0 Å². The summed E-state index contributed by atoms with van der Waals surface area (Å²) in [5.74, 6) is -2.50. The third kappa shape index (κ3) is 6.68. The average Bonchev–Trinajstić information content (AvgIpc) is 2.82. The van der Waals surface area contributed by atoms with Gasteiger partial charge in [-0.2, -0.15) is 0 Å². The van der Waals surface area contributed by atoms with Gasteiger partial charge in [0.1, 0.15) is 6.61 Å². The Balaban J connectivity index is 1.43. The van der Waals surface area contributed by atoms with E-state index in [1.54, 1.807) is 30.3 Å². The van der Waals surface area contributed by atoms with E-state index in [0.717, 1.165) is 18.4 Å². The molecule has 6 heteroatoms. The third-order valence-electron chi connectivity index (χ3n) is 4.97. The van der Waals surface area contributed by atoms with Crippen molar-refractivity contribution < 1.29 is 29.3 Å². The largest absolute Gasteiger partial charge is 0.483 e. The van der Waals surface area contributed by atoms with Gasteiger partial charge in [-0.3, -0.25) is 0 Å². The van der Waals surface area contributed by atoms with Gasteiger partial charge < -0.3 is 19.7 Å². The molecule has 0 aliphatic carbocycles. The first-order valence-electron chi connectivity index (χ1n) is 10.4. The number of carbonyl (C=O) groups is 2. The highest BCUT2D eigenvalue weighted by Gasteiger charge is 2.34. The first kappa shape index (κ1) is 23.0. The molecular formula is C26H26O6. The number of benzene rings is 3. The summed E-state index contributed by atoms with van der Waals surface area (Å²) >= 11 is 0. The molecule has 3 aromatic carbocycles. The molecule has 0 unspecified atom stereocenters. The molecule has 0 aromatic heterocycles. The van der Waals surface area contributed by atoms with E-state index in [-0.39, 0.29) is 6.61 Å². The van der Waals surface area contributed by atoms with Crippen molar-refractivity contribution in [2.24, 2.45) is 0 Å². The summed E-state index contributed by atoms with van der Waals surface area (Å²) in [6, 6.07) is 23.4.